The first-order chi connectivity index (χ1) is 19.5. The Bertz CT molecular complexity index is 1400. The molecule has 5 aliphatic rings. The van der Waals surface area contributed by atoms with Crippen LogP contribution in [0, 0.1) is 33.3 Å². The number of amides is 1. The average molecular weight is 582 g/mol. The van der Waals surface area contributed by atoms with E-state index >= 15 is 0 Å². The van der Waals surface area contributed by atoms with E-state index in [1.807, 2.05) is 6.07 Å². The quantitative estimate of drug-likeness (QED) is 0.329. The number of benzene rings is 2. The highest BCUT2D eigenvalue weighted by Gasteiger charge is 2.53. The second-order valence-electron chi connectivity index (χ2n) is 12.7. The molecule has 41 heavy (non-hydrogen) atoms. The summed E-state index contributed by atoms with van der Waals surface area (Å²) in [5.41, 5.74) is 2.23. The minimum atomic E-state index is -3.68. The SMILES string of the molecule is CC(=O)Nc1ccc(S(=O)(=O)N2CCN(c3ccc([N+](=O)[O-])c(N[C@@H](C)C45CC6CC(CC(C6)C4)C5)c3)CC2)cc1. The Hall–Kier alpha value is -3.18. The van der Waals surface area contributed by atoms with Gasteiger partial charge in [-0.3, -0.25) is 14.9 Å². The van der Waals surface area contributed by atoms with E-state index in [9.17, 15) is 23.3 Å². The van der Waals surface area contributed by atoms with Gasteiger partial charge in [-0.2, -0.15) is 4.31 Å². The molecule has 10 nitrogen and oxygen atoms in total. The number of nitro groups is 1. The molecule has 0 aromatic heterocycles. The van der Waals surface area contributed by atoms with Gasteiger partial charge >= 0.3 is 0 Å². The lowest BCUT2D eigenvalue weighted by molar-refractivity contribution is -0.384. The van der Waals surface area contributed by atoms with Crippen molar-refractivity contribution in [3.8, 4) is 0 Å². The minimum Gasteiger partial charge on any atom is -0.376 e. The van der Waals surface area contributed by atoms with Gasteiger partial charge < -0.3 is 15.5 Å². The first-order valence-electron chi connectivity index (χ1n) is 14.7. The monoisotopic (exact) mass is 581 g/mol. The molecule has 2 N–H and O–H groups in total. The number of rotatable bonds is 8. The second-order valence-corrected chi connectivity index (χ2v) is 14.6. The number of nitro benzene ring substituents is 1. The number of sulfonamides is 1. The molecule has 1 amide bonds. The Morgan fingerprint density at radius 2 is 1.56 bits per heavy atom. The molecule has 220 valence electrons. The molecule has 1 heterocycles. The van der Waals surface area contributed by atoms with Gasteiger partial charge in [-0.25, -0.2) is 8.42 Å². The Balaban J connectivity index is 1.15. The van der Waals surface area contributed by atoms with E-state index in [1.165, 1.54) is 61.9 Å². The van der Waals surface area contributed by atoms with Gasteiger partial charge in [-0.1, -0.05) is 0 Å². The molecule has 2 aromatic carbocycles. The second kappa shape index (κ2) is 10.6. The van der Waals surface area contributed by atoms with Crippen LogP contribution in [-0.4, -0.2) is 55.8 Å². The zero-order chi connectivity index (χ0) is 28.9. The number of nitrogens with one attached hydrogen (secondary N) is 2. The number of carbonyl (C=O) groups excluding carboxylic acids is 1. The van der Waals surface area contributed by atoms with Crippen LogP contribution in [0.25, 0.3) is 0 Å². The molecule has 4 bridgehead atoms. The van der Waals surface area contributed by atoms with Crippen LogP contribution in [0.15, 0.2) is 47.4 Å². The zero-order valence-corrected chi connectivity index (χ0v) is 24.5. The lowest BCUT2D eigenvalue weighted by atomic mass is 9.48. The summed E-state index contributed by atoms with van der Waals surface area (Å²) in [5.74, 6) is 2.18. The maximum Gasteiger partial charge on any atom is 0.292 e. The van der Waals surface area contributed by atoms with Crippen LogP contribution in [0.2, 0.25) is 0 Å². The Morgan fingerprint density at radius 3 is 2.10 bits per heavy atom. The smallest absolute Gasteiger partial charge is 0.292 e. The molecule has 5 fully saturated rings. The third-order valence-corrected chi connectivity index (χ3v) is 11.9. The third-order valence-electron chi connectivity index (χ3n) is 9.97. The van der Waals surface area contributed by atoms with Crippen molar-refractivity contribution in [2.75, 3.05) is 41.7 Å². The third kappa shape index (κ3) is 5.41. The molecule has 1 atom stereocenters. The number of hydrogen-bond acceptors (Lipinski definition) is 7. The highest BCUT2D eigenvalue weighted by atomic mass is 32.2. The topological polar surface area (TPSA) is 125 Å². The van der Waals surface area contributed by atoms with Gasteiger partial charge in [0.05, 0.1) is 9.82 Å². The molecule has 11 heteroatoms. The van der Waals surface area contributed by atoms with Gasteiger partial charge in [0.15, 0.2) is 0 Å². The molecule has 0 spiro atoms. The molecule has 2 aromatic rings. The van der Waals surface area contributed by atoms with Crippen LogP contribution in [0.3, 0.4) is 0 Å². The molecule has 4 saturated carbocycles. The summed E-state index contributed by atoms with van der Waals surface area (Å²) in [5, 5.41) is 18.2. The van der Waals surface area contributed by atoms with Gasteiger partial charge in [-0.05, 0) is 105 Å². The number of piperazine rings is 1. The summed E-state index contributed by atoms with van der Waals surface area (Å²) in [6.07, 6.45) is 7.70. The number of hydrogen-bond donors (Lipinski definition) is 2. The number of nitrogens with zero attached hydrogens (tertiary/aromatic N) is 3. The van der Waals surface area contributed by atoms with Crippen LogP contribution in [0.1, 0.15) is 52.4 Å². The summed E-state index contributed by atoms with van der Waals surface area (Å²) in [4.78, 5) is 25.2. The van der Waals surface area contributed by atoms with Gasteiger partial charge in [0.1, 0.15) is 5.69 Å². The summed E-state index contributed by atoms with van der Waals surface area (Å²) < 4.78 is 28.0. The van der Waals surface area contributed by atoms with Crippen molar-refractivity contribution >= 4 is 38.7 Å². The standard InChI is InChI=1S/C30H39N5O5S/c1-20(30-17-22-13-23(18-30)15-24(14-22)19-30)31-28-16-26(5-8-29(28)35(37)38)33-9-11-34(12-10-33)41(39,40)27-6-3-25(4-7-27)32-21(2)36/h3-8,16,20,22-24,31H,9-15,17-19H2,1-2H3,(H,32,36)/t20-,22?,23?,24?,30?/m0/s1. The van der Waals surface area contributed by atoms with E-state index in [1.54, 1.807) is 24.3 Å². The van der Waals surface area contributed by atoms with E-state index < -0.39 is 10.0 Å². The maximum atomic E-state index is 13.3. The van der Waals surface area contributed by atoms with Crippen molar-refractivity contribution in [2.24, 2.45) is 23.2 Å². The van der Waals surface area contributed by atoms with Crippen molar-refractivity contribution in [3.05, 3.63) is 52.6 Å². The van der Waals surface area contributed by atoms with Crippen molar-refractivity contribution in [1.82, 2.24) is 4.31 Å². The lowest BCUT2D eigenvalue weighted by Gasteiger charge is -2.59. The summed E-state index contributed by atoms with van der Waals surface area (Å²) in [6, 6.07) is 11.5. The van der Waals surface area contributed by atoms with Gasteiger partial charge in [0.25, 0.3) is 5.69 Å². The first kappa shape index (κ1) is 28.0. The highest BCUT2D eigenvalue weighted by Crippen LogP contribution is 2.61. The summed E-state index contributed by atoms with van der Waals surface area (Å²) in [7, 11) is -3.68. The van der Waals surface area contributed by atoms with Crippen LogP contribution >= 0.6 is 0 Å². The van der Waals surface area contributed by atoms with Crippen molar-refractivity contribution in [2.45, 2.75) is 63.3 Å². The van der Waals surface area contributed by atoms with E-state index in [0.29, 0.717) is 37.6 Å². The molecule has 0 radical (unpaired) electrons. The van der Waals surface area contributed by atoms with Crippen LogP contribution in [0.4, 0.5) is 22.7 Å². The van der Waals surface area contributed by atoms with E-state index in [0.717, 1.165) is 23.4 Å². The number of carbonyl (C=O) groups is 1. The average Bonchev–Trinajstić information content (AvgIpc) is 2.92. The van der Waals surface area contributed by atoms with Gasteiger partial charge in [0, 0.05) is 56.6 Å². The van der Waals surface area contributed by atoms with Gasteiger partial charge in [0.2, 0.25) is 15.9 Å². The largest absolute Gasteiger partial charge is 0.376 e. The van der Waals surface area contributed by atoms with Crippen LogP contribution < -0.4 is 15.5 Å². The molecule has 1 aliphatic heterocycles. The van der Waals surface area contributed by atoms with Gasteiger partial charge in [-0.15, -0.1) is 0 Å². The molecule has 7 rings (SSSR count). The normalized spacial score (nSPS) is 28.3. The predicted octanol–water partition coefficient (Wildman–Crippen LogP) is 5.08. The van der Waals surface area contributed by atoms with E-state index in [-0.39, 0.29) is 32.9 Å². The minimum absolute atomic E-state index is 0.0780. The Labute approximate surface area is 241 Å². The maximum absolute atomic E-state index is 13.3. The highest BCUT2D eigenvalue weighted by molar-refractivity contribution is 7.89. The first-order valence-corrected chi connectivity index (χ1v) is 16.1. The molecular formula is C30H39N5O5S. The van der Waals surface area contributed by atoms with Crippen molar-refractivity contribution in [3.63, 3.8) is 0 Å². The van der Waals surface area contributed by atoms with Crippen molar-refractivity contribution in [1.29, 1.82) is 0 Å². The molecule has 0 unspecified atom stereocenters. The number of anilines is 3. The predicted molar refractivity (Wildman–Crippen MR) is 159 cm³/mol. The Morgan fingerprint density at radius 1 is 0.976 bits per heavy atom. The molecule has 4 aliphatic carbocycles. The van der Waals surface area contributed by atoms with E-state index in [4.69, 9.17) is 0 Å². The Kier molecular flexibility index (Phi) is 7.22. The lowest BCUT2D eigenvalue weighted by Crippen LogP contribution is -2.53. The fraction of sp³-hybridized carbons (Fsp3) is 0.567. The molecule has 1 saturated heterocycles. The fourth-order valence-corrected chi connectivity index (χ4v) is 9.76. The van der Waals surface area contributed by atoms with Crippen molar-refractivity contribution < 1.29 is 18.1 Å². The van der Waals surface area contributed by atoms with Crippen LogP contribution in [-0.2, 0) is 14.8 Å². The van der Waals surface area contributed by atoms with E-state index in [2.05, 4.69) is 22.5 Å². The summed E-state index contributed by atoms with van der Waals surface area (Å²) >= 11 is 0. The zero-order valence-electron chi connectivity index (χ0n) is 23.7. The van der Waals surface area contributed by atoms with Crippen LogP contribution in [0.5, 0.6) is 0 Å². The molecular weight excluding hydrogens is 542 g/mol. The summed E-state index contributed by atoms with van der Waals surface area (Å²) in [6.45, 7) is 5.17. The fourth-order valence-electron chi connectivity index (χ4n) is 8.34.